The van der Waals surface area contributed by atoms with Crippen LogP contribution < -0.4 is 0 Å². The van der Waals surface area contributed by atoms with Gasteiger partial charge in [-0.25, -0.2) is 0 Å². The molecule has 12 heavy (non-hydrogen) atoms. The van der Waals surface area contributed by atoms with Gasteiger partial charge in [-0.2, -0.15) is 0 Å². The lowest BCUT2D eigenvalue weighted by molar-refractivity contribution is -0.208. The van der Waals surface area contributed by atoms with Crippen molar-refractivity contribution in [1.82, 2.24) is 0 Å². The molecule has 0 heterocycles. The summed E-state index contributed by atoms with van der Waals surface area (Å²) in [7, 11) is 1.48. The molecule has 0 atom stereocenters. The minimum absolute atomic E-state index is 0.00567. The topological polar surface area (TPSA) is 26.3 Å². The third-order valence-electron chi connectivity index (χ3n) is 3.21. The third-order valence-corrected chi connectivity index (χ3v) is 3.21. The van der Waals surface area contributed by atoms with E-state index in [1.165, 1.54) is 7.11 Å². The Kier molecular flexibility index (Phi) is 1.39. The van der Waals surface area contributed by atoms with Gasteiger partial charge in [-0.15, -0.1) is 0 Å². The van der Waals surface area contributed by atoms with Crippen LogP contribution in [0, 0.1) is 10.8 Å². The van der Waals surface area contributed by atoms with E-state index < -0.39 is 0 Å². The Balaban J connectivity index is 1.99. The summed E-state index contributed by atoms with van der Waals surface area (Å²) >= 11 is 0. The fourth-order valence-electron chi connectivity index (χ4n) is 2.83. The van der Waals surface area contributed by atoms with Crippen LogP contribution in [0.4, 0.5) is 0 Å². The average Bonchev–Trinajstić information content (AvgIpc) is 1.92. The SMILES string of the molecule is C/C=C/C12CC(C(=O)OC)(C1)C2. The van der Waals surface area contributed by atoms with Gasteiger partial charge in [-0.1, -0.05) is 12.2 Å². The van der Waals surface area contributed by atoms with E-state index >= 15 is 0 Å². The minimum atomic E-state index is -0.0751. The second kappa shape index (κ2) is 2.12. The monoisotopic (exact) mass is 166 g/mol. The Labute approximate surface area is 72.6 Å². The molecule has 3 fully saturated rings. The number of esters is 1. The summed E-state index contributed by atoms with van der Waals surface area (Å²) in [6, 6.07) is 0. The molecule has 3 saturated carbocycles. The van der Waals surface area contributed by atoms with E-state index in [1.54, 1.807) is 0 Å². The highest BCUT2D eigenvalue weighted by Gasteiger charge is 2.70. The van der Waals surface area contributed by atoms with Gasteiger partial charge in [-0.3, -0.25) is 4.79 Å². The maximum atomic E-state index is 11.3. The van der Waals surface area contributed by atoms with Gasteiger partial charge < -0.3 is 4.74 Å². The molecule has 0 aromatic heterocycles. The van der Waals surface area contributed by atoms with Gasteiger partial charge >= 0.3 is 5.97 Å². The lowest BCUT2D eigenvalue weighted by Gasteiger charge is -2.67. The van der Waals surface area contributed by atoms with Crippen molar-refractivity contribution >= 4 is 5.97 Å². The lowest BCUT2D eigenvalue weighted by atomic mass is 9.35. The number of hydrogen-bond acceptors (Lipinski definition) is 2. The molecular formula is C10H14O2. The van der Waals surface area contributed by atoms with Crippen molar-refractivity contribution < 1.29 is 9.53 Å². The van der Waals surface area contributed by atoms with Gasteiger partial charge in [0.1, 0.15) is 0 Å². The fraction of sp³-hybridized carbons (Fsp3) is 0.700. The first kappa shape index (κ1) is 7.84. The first-order valence-corrected chi connectivity index (χ1v) is 4.39. The zero-order valence-electron chi connectivity index (χ0n) is 7.59. The van der Waals surface area contributed by atoms with E-state index in [2.05, 4.69) is 12.2 Å². The van der Waals surface area contributed by atoms with E-state index in [0.717, 1.165) is 19.3 Å². The van der Waals surface area contributed by atoms with Crippen molar-refractivity contribution in [2.45, 2.75) is 26.2 Å². The van der Waals surface area contributed by atoms with Gasteiger partial charge in [0, 0.05) is 0 Å². The smallest absolute Gasteiger partial charge is 0.311 e. The summed E-state index contributed by atoms with van der Waals surface area (Å²) < 4.78 is 4.76. The van der Waals surface area contributed by atoms with Gasteiger partial charge in [0.2, 0.25) is 0 Å². The summed E-state index contributed by atoms with van der Waals surface area (Å²) in [6.07, 6.45) is 7.35. The van der Waals surface area contributed by atoms with E-state index in [9.17, 15) is 4.79 Å². The van der Waals surface area contributed by atoms with Crippen LogP contribution in [0.1, 0.15) is 26.2 Å². The zero-order valence-corrected chi connectivity index (χ0v) is 7.59. The largest absolute Gasteiger partial charge is 0.469 e. The van der Waals surface area contributed by atoms with Crippen LogP contribution in [0.5, 0.6) is 0 Å². The Hall–Kier alpha value is -0.790. The van der Waals surface area contributed by atoms with Crippen LogP contribution in [0.25, 0.3) is 0 Å². The fourth-order valence-corrected chi connectivity index (χ4v) is 2.83. The third kappa shape index (κ3) is 0.728. The first-order valence-electron chi connectivity index (χ1n) is 4.39. The number of allylic oxidation sites excluding steroid dienone is 2. The molecule has 0 aliphatic heterocycles. The number of ether oxygens (including phenoxy) is 1. The molecule has 2 nitrogen and oxygen atoms in total. The highest BCUT2D eigenvalue weighted by atomic mass is 16.5. The highest BCUT2D eigenvalue weighted by Crippen LogP contribution is 2.74. The van der Waals surface area contributed by atoms with Gasteiger partial charge in [0.15, 0.2) is 0 Å². The molecule has 0 radical (unpaired) electrons. The summed E-state index contributed by atoms with van der Waals surface area (Å²) in [5.74, 6) is -0.00567. The first-order chi connectivity index (χ1) is 5.66. The summed E-state index contributed by atoms with van der Waals surface area (Å²) in [6.45, 7) is 2.03. The average molecular weight is 166 g/mol. The lowest BCUT2D eigenvalue weighted by Crippen LogP contribution is -2.64. The predicted octanol–water partition coefficient (Wildman–Crippen LogP) is 1.91. The van der Waals surface area contributed by atoms with Gasteiger partial charge in [0.25, 0.3) is 0 Å². The van der Waals surface area contributed by atoms with Crippen molar-refractivity contribution in [3.8, 4) is 0 Å². The second-order valence-electron chi connectivity index (χ2n) is 4.16. The number of methoxy groups -OCH3 is 1. The van der Waals surface area contributed by atoms with Crippen LogP contribution >= 0.6 is 0 Å². The number of hydrogen-bond donors (Lipinski definition) is 0. The van der Waals surface area contributed by atoms with Crippen LogP contribution in [0.3, 0.4) is 0 Å². The quantitative estimate of drug-likeness (QED) is 0.462. The van der Waals surface area contributed by atoms with E-state index in [1.807, 2.05) is 6.92 Å². The molecule has 3 aliphatic rings. The molecule has 66 valence electrons. The molecule has 2 bridgehead atoms. The van der Waals surface area contributed by atoms with Crippen molar-refractivity contribution in [3.63, 3.8) is 0 Å². The van der Waals surface area contributed by atoms with Crippen molar-refractivity contribution in [3.05, 3.63) is 12.2 Å². The molecule has 0 aromatic rings. The number of rotatable bonds is 2. The standard InChI is InChI=1S/C10H14O2/c1-3-4-9-5-10(6-9,7-9)8(11)12-2/h3-4H,5-7H2,1-2H3/b4-3+. The molecule has 3 rings (SSSR count). The Morgan fingerprint density at radius 1 is 1.42 bits per heavy atom. The summed E-state index contributed by atoms with van der Waals surface area (Å²) in [5, 5.41) is 0. The summed E-state index contributed by atoms with van der Waals surface area (Å²) in [5.41, 5.74) is 0.303. The highest BCUT2D eigenvalue weighted by molar-refractivity contribution is 5.81. The molecule has 0 aromatic carbocycles. The second-order valence-corrected chi connectivity index (χ2v) is 4.16. The molecule has 2 heteroatoms. The molecule has 0 N–H and O–H groups in total. The minimum Gasteiger partial charge on any atom is -0.469 e. The maximum Gasteiger partial charge on any atom is 0.311 e. The molecule has 0 unspecified atom stereocenters. The number of carbonyl (C=O) groups is 1. The Morgan fingerprint density at radius 2 is 2.00 bits per heavy atom. The zero-order chi connectivity index (χ0) is 8.82. The van der Waals surface area contributed by atoms with Gasteiger partial charge in [-0.05, 0) is 31.6 Å². The van der Waals surface area contributed by atoms with E-state index in [4.69, 9.17) is 4.74 Å². The Bertz CT molecular complexity index is 233. The molecule has 0 saturated heterocycles. The molecule has 0 amide bonds. The normalized spacial score (nSPS) is 43.5. The van der Waals surface area contributed by atoms with Crippen LogP contribution in [-0.4, -0.2) is 13.1 Å². The molecule has 3 aliphatic carbocycles. The number of carbonyl (C=O) groups excluding carboxylic acids is 1. The van der Waals surface area contributed by atoms with Crippen LogP contribution in [-0.2, 0) is 9.53 Å². The van der Waals surface area contributed by atoms with E-state index in [-0.39, 0.29) is 11.4 Å². The molecular weight excluding hydrogens is 152 g/mol. The van der Waals surface area contributed by atoms with Crippen molar-refractivity contribution in [2.75, 3.05) is 7.11 Å². The Morgan fingerprint density at radius 3 is 2.42 bits per heavy atom. The van der Waals surface area contributed by atoms with Crippen LogP contribution in [0.2, 0.25) is 0 Å². The summed E-state index contributed by atoms with van der Waals surface area (Å²) in [4.78, 5) is 11.3. The predicted molar refractivity (Wildman–Crippen MR) is 45.5 cm³/mol. The van der Waals surface area contributed by atoms with Crippen LogP contribution in [0.15, 0.2) is 12.2 Å². The van der Waals surface area contributed by atoms with Gasteiger partial charge in [0.05, 0.1) is 12.5 Å². The van der Waals surface area contributed by atoms with Crippen molar-refractivity contribution in [1.29, 1.82) is 0 Å². The van der Waals surface area contributed by atoms with E-state index in [0.29, 0.717) is 5.41 Å². The van der Waals surface area contributed by atoms with Crippen molar-refractivity contribution in [2.24, 2.45) is 10.8 Å². The molecule has 0 spiro atoms. The maximum absolute atomic E-state index is 11.3.